The summed E-state index contributed by atoms with van der Waals surface area (Å²) in [4.78, 5) is 0. The number of hydrogen-bond acceptors (Lipinski definition) is 0. The Morgan fingerprint density at radius 1 is 1.00 bits per heavy atom. The summed E-state index contributed by atoms with van der Waals surface area (Å²) in [7, 11) is 0. The Hall–Kier alpha value is -1.22. The quantitative estimate of drug-likeness (QED) is 0.711. The predicted molar refractivity (Wildman–Crippen MR) is 64.2 cm³/mol. The van der Waals surface area contributed by atoms with Crippen LogP contribution in [-0.2, 0) is 0 Å². The van der Waals surface area contributed by atoms with E-state index in [1.165, 1.54) is 18.2 Å². The molecule has 0 aliphatic heterocycles. The highest BCUT2D eigenvalue weighted by Gasteiger charge is 2.07. The molecule has 0 spiro atoms. The van der Waals surface area contributed by atoms with E-state index in [1.54, 1.807) is 25.1 Å². The number of benzene rings is 2. The third-order valence-corrected chi connectivity index (χ3v) is 2.78. The van der Waals surface area contributed by atoms with E-state index in [4.69, 9.17) is 0 Å². The molecule has 0 saturated carbocycles. The Labute approximate surface area is 101 Å². The largest absolute Gasteiger partial charge is 0.207 e. The lowest BCUT2D eigenvalue weighted by Gasteiger charge is -2.05. The van der Waals surface area contributed by atoms with E-state index in [9.17, 15) is 8.78 Å². The molecule has 0 aromatic heterocycles. The van der Waals surface area contributed by atoms with Gasteiger partial charge in [0.05, 0.1) is 0 Å². The normalized spacial score (nSPS) is 10.5. The molecule has 0 amide bonds. The Morgan fingerprint density at radius 3 is 2.38 bits per heavy atom. The van der Waals surface area contributed by atoms with Gasteiger partial charge in [-0.1, -0.05) is 28.1 Å². The molecule has 2 aromatic rings. The smallest absolute Gasteiger partial charge is 0.132 e. The van der Waals surface area contributed by atoms with Crippen molar-refractivity contribution in [2.75, 3.05) is 0 Å². The van der Waals surface area contributed by atoms with Crippen molar-refractivity contribution in [3.05, 3.63) is 58.1 Å². The summed E-state index contributed by atoms with van der Waals surface area (Å²) in [6.45, 7) is 1.78. The fourth-order valence-corrected chi connectivity index (χ4v) is 1.95. The molecule has 0 atom stereocenters. The lowest BCUT2D eigenvalue weighted by atomic mass is 10.0. The topological polar surface area (TPSA) is 0 Å². The fraction of sp³-hybridized carbons (Fsp3) is 0.0769. The van der Waals surface area contributed by atoms with Gasteiger partial charge in [0.15, 0.2) is 0 Å². The molecular weight excluding hydrogens is 274 g/mol. The van der Waals surface area contributed by atoms with Crippen LogP contribution in [0.15, 0.2) is 40.9 Å². The molecule has 2 aromatic carbocycles. The molecular formula is C13H9BrF2. The molecule has 0 nitrogen and oxygen atoms in total. The molecule has 0 fully saturated rings. The highest BCUT2D eigenvalue weighted by atomic mass is 79.9. The first kappa shape index (κ1) is 11.3. The predicted octanol–water partition coefficient (Wildman–Crippen LogP) is 4.70. The van der Waals surface area contributed by atoms with Crippen molar-refractivity contribution in [3.8, 4) is 11.1 Å². The van der Waals surface area contributed by atoms with Crippen LogP contribution >= 0.6 is 15.9 Å². The summed E-state index contributed by atoms with van der Waals surface area (Å²) in [5.74, 6) is -0.711. The van der Waals surface area contributed by atoms with Gasteiger partial charge < -0.3 is 0 Å². The minimum absolute atomic E-state index is 0.350. The third-order valence-electron chi connectivity index (χ3n) is 2.28. The molecule has 0 bridgehead atoms. The Balaban J connectivity index is 2.58. The zero-order valence-electron chi connectivity index (χ0n) is 8.60. The fourth-order valence-electron chi connectivity index (χ4n) is 1.62. The van der Waals surface area contributed by atoms with E-state index in [2.05, 4.69) is 15.9 Å². The first-order valence-electron chi connectivity index (χ1n) is 4.79. The summed E-state index contributed by atoms with van der Waals surface area (Å²) in [6.07, 6.45) is 0. The van der Waals surface area contributed by atoms with Crippen LogP contribution in [0.1, 0.15) is 5.56 Å². The Morgan fingerprint density at radius 2 is 1.75 bits per heavy atom. The maximum Gasteiger partial charge on any atom is 0.132 e. The van der Waals surface area contributed by atoms with Gasteiger partial charge >= 0.3 is 0 Å². The van der Waals surface area contributed by atoms with E-state index in [0.717, 1.165) is 5.56 Å². The van der Waals surface area contributed by atoms with Crippen molar-refractivity contribution >= 4 is 15.9 Å². The maximum absolute atomic E-state index is 13.6. The van der Waals surface area contributed by atoms with Gasteiger partial charge in [-0.05, 0) is 42.3 Å². The standard InChI is InChI=1S/C13H9BrF2/c1-8-4-9(6-11(15)5-8)12-3-2-10(14)7-13(12)16/h2-7H,1H3. The Bertz CT molecular complexity index is 515. The first-order valence-corrected chi connectivity index (χ1v) is 5.58. The Kier molecular flexibility index (Phi) is 3.06. The van der Waals surface area contributed by atoms with Gasteiger partial charge in [-0.15, -0.1) is 0 Å². The molecule has 0 aliphatic carbocycles. The first-order chi connectivity index (χ1) is 7.56. The average Bonchev–Trinajstić information content (AvgIpc) is 2.15. The van der Waals surface area contributed by atoms with Crippen LogP contribution in [-0.4, -0.2) is 0 Å². The minimum Gasteiger partial charge on any atom is -0.207 e. The van der Waals surface area contributed by atoms with Crippen molar-refractivity contribution in [2.45, 2.75) is 6.92 Å². The lowest BCUT2D eigenvalue weighted by Crippen LogP contribution is -1.87. The van der Waals surface area contributed by atoms with E-state index in [1.807, 2.05) is 0 Å². The van der Waals surface area contributed by atoms with E-state index >= 15 is 0 Å². The minimum atomic E-state index is -0.362. The number of aryl methyl sites for hydroxylation is 1. The molecule has 0 aliphatic rings. The van der Waals surface area contributed by atoms with Crippen molar-refractivity contribution in [2.24, 2.45) is 0 Å². The highest BCUT2D eigenvalue weighted by Crippen LogP contribution is 2.26. The van der Waals surface area contributed by atoms with Gasteiger partial charge in [0.2, 0.25) is 0 Å². The lowest BCUT2D eigenvalue weighted by molar-refractivity contribution is 0.623. The summed E-state index contributed by atoms with van der Waals surface area (Å²) in [6, 6.07) is 9.25. The van der Waals surface area contributed by atoms with Crippen LogP contribution in [0.2, 0.25) is 0 Å². The van der Waals surface area contributed by atoms with Crippen LogP contribution in [0.5, 0.6) is 0 Å². The average molecular weight is 283 g/mol. The van der Waals surface area contributed by atoms with E-state index in [0.29, 0.717) is 15.6 Å². The molecule has 0 saturated heterocycles. The second-order valence-corrected chi connectivity index (χ2v) is 4.56. The summed E-state index contributed by atoms with van der Waals surface area (Å²) < 4.78 is 27.5. The molecule has 82 valence electrons. The van der Waals surface area contributed by atoms with Crippen molar-refractivity contribution in [1.82, 2.24) is 0 Å². The van der Waals surface area contributed by atoms with Crippen LogP contribution in [0.3, 0.4) is 0 Å². The number of hydrogen-bond donors (Lipinski definition) is 0. The number of rotatable bonds is 1. The second-order valence-electron chi connectivity index (χ2n) is 3.64. The van der Waals surface area contributed by atoms with Gasteiger partial charge in [0.25, 0.3) is 0 Å². The SMILES string of the molecule is Cc1cc(F)cc(-c2ccc(Br)cc2F)c1. The van der Waals surface area contributed by atoms with Gasteiger partial charge in [0, 0.05) is 10.0 Å². The number of halogens is 3. The highest BCUT2D eigenvalue weighted by molar-refractivity contribution is 9.10. The maximum atomic E-state index is 13.6. The van der Waals surface area contributed by atoms with Crippen LogP contribution in [0.4, 0.5) is 8.78 Å². The van der Waals surface area contributed by atoms with Crippen molar-refractivity contribution in [1.29, 1.82) is 0 Å². The summed E-state index contributed by atoms with van der Waals surface area (Å²) in [5.41, 5.74) is 1.74. The second kappa shape index (κ2) is 4.34. The van der Waals surface area contributed by atoms with Gasteiger partial charge in [-0.3, -0.25) is 0 Å². The molecule has 0 N–H and O–H groups in total. The molecule has 3 heteroatoms. The van der Waals surface area contributed by atoms with Crippen LogP contribution < -0.4 is 0 Å². The monoisotopic (exact) mass is 282 g/mol. The molecule has 2 rings (SSSR count). The van der Waals surface area contributed by atoms with Gasteiger partial charge in [0.1, 0.15) is 11.6 Å². The summed E-state index contributed by atoms with van der Waals surface area (Å²) in [5, 5.41) is 0. The molecule has 0 unspecified atom stereocenters. The zero-order valence-corrected chi connectivity index (χ0v) is 10.2. The zero-order chi connectivity index (χ0) is 11.7. The molecule has 16 heavy (non-hydrogen) atoms. The summed E-state index contributed by atoms with van der Waals surface area (Å²) >= 11 is 3.18. The van der Waals surface area contributed by atoms with Gasteiger partial charge in [-0.25, -0.2) is 8.78 Å². The molecule has 0 radical (unpaired) electrons. The third kappa shape index (κ3) is 2.30. The molecule has 0 heterocycles. The van der Waals surface area contributed by atoms with Crippen molar-refractivity contribution < 1.29 is 8.78 Å². The van der Waals surface area contributed by atoms with E-state index in [-0.39, 0.29) is 11.6 Å². The van der Waals surface area contributed by atoms with Gasteiger partial charge in [-0.2, -0.15) is 0 Å². The van der Waals surface area contributed by atoms with Crippen molar-refractivity contribution in [3.63, 3.8) is 0 Å². The van der Waals surface area contributed by atoms with Crippen LogP contribution in [0, 0.1) is 18.6 Å². The van der Waals surface area contributed by atoms with E-state index < -0.39 is 0 Å². The van der Waals surface area contributed by atoms with Crippen LogP contribution in [0.25, 0.3) is 11.1 Å².